The fourth-order valence-corrected chi connectivity index (χ4v) is 6.99. The van der Waals surface area contributed by atoms with Crippen molar-refractivity contribution in [1.29, 1.82) is 0 Å². The monoisotopic (exact) mass is 877 g/mol. The highest BCUT2D eigenvalue weighted by atomic mass is 16.6. The molecule has 0 aromatic carbocycles. The third-order valence-corrected chi connectivity index (χ3v) is 10.9. The normalized spacial score (nSPS) is 12.7. The van der Waals surface area contributed by atoms with Gasteiger partial charge >= 0.3 is 17.9 Å². The van der Waals surface area contributed by atoms with Crippen molar-refractivity contribution in [1.82, 2.24) is 0 Å². The molecule has 0 radical (unpaired) electrons. The Hall–Kier alpha value is -3.41. The quantitative estimate of drug-likeness (QED) is 0.0199. The number of unbranched alkanes of at least 4 members (excludes halogenated alkanes) is 23. The molecule has 0 amide bonds. The van der Waals surface area contributed by atoms with E-state index in [9.17, 15) is 14.4 Å². The van der Waals surface area contributed by atoms with Crippen LogP contribution in [-0.4, -0.2) is 37.2 Å². The van der Waals surface area contributed by atoms with Crippen LogP contribution >= 0.6 is 0 Å². The number of esters is 3. The molecular formula is C57H96O6. The standard InChI is InChI=1S/C57H96O6/c1-4-7-10-13-16-19-22-24-26-28-29-31-32-35-38-41-44-47-50-56(59)62-53-54(52-61-55(58)49-46-43-40-37-34-21-18-15-12-9-6-3)63-57(60)51-48-45-42-39-36-33-30-27-25-23-20-17-14-11-8-5-2/h9,12,18,21-22,24,26-31,37,40,54H,4-8,10-11,13-17,19-20,23,25,32-36,38-39,41-53H2,1-3H3/b12-9-,21-18-,24-22-,28-26-,30-27-,31-29-,40-37-. The summed E-state index contributed by atoms with van der Waals surface area (Å²) in [6.07, 6.45) is 65.8. The number of hydrogen-bond donors (Lipinski definition) is 0. The zero-order valence-electron chi connectivity index (χ0n) is 41.1. The van der Waals surface area contributed by atoms with Crippen LogP contribution in [0.1, 0.15) is 239 Å². The van der Waals surface area contributed by atoms with E-state index in [-0.39, 0.29) is 37.5 Å². The second kappa shape index (κ2) is 51.2. The van der Waals surface area contributed by atoms with Crippen LogP contribution in [0, 0.1) is 0 Å². The molecule has 0 rings (SSSR count). The van der Waals surface area contributed by atoms with Gasteiger partial charge < -0.3 is 14.2 Å². The number of carbonyl (C=O) groups excluding carboxylic acids is 3. The molecular weight excluding hydrogens is 781 g/mol. The van der Waals surface area contributed by atoms with Gasteiger partial charge in [-0.3, -0.25) is 14.4 Å². The molecule has 0 bridgehead atoms. The van der Waals surface area contributed by atoms with Crippen molar-refractivity contribution in [3.8, 4) is 0 Å². The van der Waals surface area contributed by atoms with Crippen molar-refractivity contribution in [3.05, 3.63) is 85.1 Å². The number of carbonyl (C=O) groups is 3. The Morgan fingerprint density at radius 2 is 0.698 bits per heavy atom. The number of hydrogen-bond acceptors (Lipinski definition) is 6. The van der Waals surface area contributed by atoms with Crippen molar-refractivity contribution in [3.63, 3.8) is 0 Å². The van der Waals surface area contributed by atoms with Crippen LogP contribution in [0.2, 0.25) is 0 Å². The molecule has 360 valence electrons. The van der Waals surface area contributed by atoms with Crippen LogP contribution in [-0.2, 0) is 28.6 Å². The molecule has 1 atom stereocenters. The lowest BCUT2D eigenvalue weighted by Gasteiger charge is -2.18. The molecule has 0 heterocycles. The summed E-state index contributed by atoms with van der Waals surface area (Å²) in [5, 5.41) is 0. The third kappa shape index (κ3) is 49.5. The predicted octanol–water partition coefficient (Wildman–Crippen LogP) is 17.2. The Bertz CT molecular complexity index is 1240. The molecule has 0 aromatic rings. The largest absolute Gasteiger partial charge is 0.462 e. The van der Waals surface area contributed by atoms with Gasteiger partial charge in [0.2, 0.25) is 0 Å². The summed E-state index contributed by atoms with van der Waals surface area (Å²) in [4.78, 5) is 37.9. The molecule has 63 heavy (non-hydrogen) atoms. The summed E-state index contributed by atoms with van der Waals surface area (Å²) in [6, 6.07) is 0. The van der Waals surface area contributed by atoms with Crippen molar-refractivity contribution in [2.24, 2.45) is 0 Å². The van der Waals surface area contributed by atoms with E-state index in [0.717, 1.165) is 103 Å². The first-order valence-corrected chi connectivity index (χ1v) is 26.1. The van der Waals surface area contributed by atoms with Crippen molar-refractivity contribution < 1.29 is 28.6 Å². The first kappa shape index (κ1) is 59.6. The van der Waals surface area contributed by atoms with Gasteiger partial charge in [0.25, 0.3) is 0 Å². The molecule has 0 aliphatic carbocycles. The van der Waals surface area contributed by atoms with E-state index in [1.54, 1.807) is 0 Å². The first-order chi connectivity index (χ1) is 31.0. The van der Waals surface area contributed by atoms with E-state index in [4.69, 9.17) is 14.2 Å². The predicted molar refractivity (Wildman–Crippen MR) is 270 cm³/mol. The molecule has 0 saturated heterocycles. The van der Waals surface area contributed by atoms with Gasteiger partial charge in [-0.05, 0) is 96.3 Å². The van der Waals surface area contributed by atoms with Crippen molar-refractivity contribution in [2.45, 2.75) is 245 Å². The lowest BCUT2D eigenvalue weighted by atomic mass is 10.1. The topological polar surface area (TPSA) is 78.9 Å². The fourth-order valence-electron chi connectivity index (χ4n) is 6.99. The van der Waals surface area contributed by atoms with Crippen LogP contribution in [0.15, 0.2) is 85.1 Å². The van der Waals surface area contributed by atoms with Crippen molar-refractivity contribution >= 4 is 17.9 Å². The zero-order chi connectivity index (χ0) is 45.8. The minimum absolute atomic E-state index is 0.107. The highest BCUT2D eigenvalue weighted by Gasteiger charge is 2.19. The molecule has 0 aromatic heterocycles. The molecule has 1 unspecified atom stereocenters. The van der Waals surface area contributed by atoms with Crippen LogP contribution in [0.25, 0.3) is 0 Å². The molecule has 0 spiro atoms. The van der Waals surface area contributed by atoms with Gasteiger partial charge in [0, 0.05) is 19.3 Å². The maximum atomic E-state index is 12.8. The van der Waals surface area contributed by atoms with E-state index in [1.807, 2.05) is 0 Å². The Morgan fingerprint density at radius 1 is 0.349 bits per heavy atom. The maximum Gasteiger partial charge on any atom is 0.306 e. The van der Waals surface area contributed by atoms with Crippen molar-refractivity contribution in [2.75, 3.05) is 13.2 Å². The summed E-state index contributed by atoms with van der Waals surface area (Å²) in [7, 11) is 0. The lowest BCUT2D eigenvalue weighted by molar-refractivity contribution is -0.167. The highest BCUT2D eigenvalue weighted by Crippen LogP contribution is 2.13. The molecule has 0 N–H and O–H groups in total. The maximum absolute atomic E-state index is 12.8. The number of allylic oxidation sites excluding steroid dienone is 14. The first-order valence-electron chi connectivity index (χ1n) is 26.1. The Morgan fingerprint density at radius 3 is 1.17 bits per heavy atom. The van der Waals surface area contributed by atoms with E-state index >= 15 is 0 Å². The molecule has 6 nitrogen and oxygen atoms in total. The molecule has 6 heteroatoms. The fraction of sp³-hybridized carbons (Fsp3) is 0.702. The van der Waals surface area contributed by atoms with E-state index in [0.29, 0.717) is 19.3 Å². The van der Waals surface area contributed by atoms with Gasteiger partial charge in [-0.1, -0.05) is 209 Å². The lowest BCUT2D eigenvalue weighted by Crippen LogP contribution is -2.30. The van der Waals surface area contributed by atoms with Crippen LogP contribution in [0.3, 0.4) is 0 Å². The highest BCUT2D eigenvalue weighted by molar-refractivity contribution is 5.71. The summed E-state index contributed by atoms with van der Waals surface area (Å²) in [6.45, 7) is 6.43. The zero-order valence-corrected chi connectivity index (χ0v) is 41.1. The summed E-state index contributed by atoms with van der Waals surface area (Å²) in [5.74, 6) is -0.990. The summed E-state index contributed by atoms with van der Waals surface area (Å²) < 4.78 is 16.7. The molecule has 0 saturated carbocycles. The average Bonchev–Trinajstić information content (AvgIpc) is 3.28. The third-order valence-electron chi connectivity index (χ3n) is 10.9. The molecule has 0 aliphatic rings. The summed E-state index contributed by atoms with van der Waals surface area (Å²) >= 11 is 0. The average molecular weight is 877 g/mol. The van der Waals surface area contributed by atoms with Gasteiger partial charge in [-0.25, -0.2) is 0 Å². The second-order valence-electron chi connectivity index (χ2n) is 17.1. The van der Waals surface area contributed by atoms with E-state index in [2.05, 4.69) is 106 Å². The van der Waals surface area contributed by atoms with Gasteiger partial charge in [-0.2, -0.15) is 0 Å². The van der Waals surface area contributed by atoms with E-state index < -0.39 is 6.10 Å². The van der Waals surface area contributed by atoms with E-state index in [1.165, 1.54) is 89.9 Å². The minimum Gasteiger partial charge on any atom is -0.462 e. The SMILES string of the molecule is CC/C=C\C/C=C\C/C=C\CCCC(=O)OCC(COC(=O)CCCCCCC\C=C/C=C\C=C/CCCCCCC)OC(=O)CCCCCCC/C=C\CCCCCCCCC. The minimum atomic E-state index is -0.809. The smallest absolute Gasteiger partial charge is 0.306 e. The van der Waals surface area contributed by atoms with Crippen LogP contribution < -0.4 is 0 Å². The Balaban J connectivity index is 4.46. The van der Waals surface area contributed by atoms with Gasteiger partial charge in [0.05, 0.1) is 0 Å². The van der Waals surface area contributed by atoms with Crippen LogP contribution in [0.4, 0.5) is 0 Å². The van der Waals surface area contributed by atoms with Gasteiger partial charge in [-0.15, -0.1) is 0 Å². The summed E-state index contributed by atoms with van der Waals surface area (Å²) in [5.41, 5.74) is 0. The second-order valence-corrected chi connectivity index (χ2v) is 17.1. The van der Waals surface area contributed by atoms with Gasteiger partial charge in [0.1, 0.15) is 13.2 Å². The molecule has 0 fully saturated rings. The number of ether oxygens (including phenoxy) is 3. The Kier molecular flexibility index (Phi) is 48.5. The Labute approximate surface area is 388 Å². The number of rotatable bonds is 46. The molecule has 0 aliphatic heterocycles. The van der Waals surface area contributed by atoms with Gasteiger partial charge in [0.15, 0.2) is 6.10 Å². The van der Waals surface area contributed by atoms with Crippen LogP contribution in [0.5, 0.6) is 0 Å².